The Morgan fingerprint density at radius 1 is 1.03 bits per heavy atom. The molecule has 4 rings (SSSR count). The van der Waals surface area contributed by atoms with Gasteiger partial charge in [-0.15, -0.1) is 0 Å². The first-order valence-electron chi connectivity index (χ1n) is 10.8. The van der Waals surface area contributed by atoms with E-state index in [2.05, 4.69) is 10.3 Å². The lowest BCUT2D eigenvalue weighted by Gasteiger charge is -2.36. The monoisotopic (exact) mass is 428 g/mol. The number of nitrogens with one attached hydrogen (secondary N) is 2. The number of aryl methyl sites for hydroxylation is 1. The van der Waals surface area contributed by atoms with Crippen molar-refractivity contribution < 1.29 is 9.53 Å². The molecule has 1 aliphatic heterocycles. The summed E-state index contributed by atoms with van der Waals surface area (Å²) in [4.78, 5) is 19.3. The summed E-state index contributed by atoms with van der Waals surface area (Å²) in [7, 11) is 0. The number of hydrogen-bond acceptors (Lipinski definition) is 4. The molecule has 3 aromatic rings. The summed E-state index contributed by atoms with van der Waals surface area (Å²) in [5, 5.41) is 11.5. The summed E-state index contributed by atoms with van der Waals surface area (Å²) in [6.45, 7) is 7.45. The van der Waals surface area contributed by atoms with Crippen LogP contribution in [0.25, 0.3) is 11.3 Å². The topological polar surface area (TPSA) is 78.3 Å². The Kier molecular flexibility index (Phi) is 6.32. The summed E-state index contributed by atoms with van der Waals surface area (Å²) in [6.07, 6.45) is 1.95. The van der Waals surface area contributed by atoms with Gasteiger partial charge in [-0.2, -0.15) is 0 Å². The molecule has 0 aliphatic carbocycles. The van der Waals surface area contributed by atoms with Crippen molar-refractivity contribution in [3.05, 3.63) is 83.6 Å². The standard InChI is InChI=1S/C26H28N4O2/c1-17-7-12-22(14-23(17)24-6-4-5-13-28-24)29-26(31)21-10-8-20(9-11-21)25(27)30-15-18(2)32-19(3)16-30/h4-14,18-19,27H,15-16H2,1-3H3,(H,29,31). The predicted octanol–water partition coefficient (Wildman–Crippen LogP) is 4.74. The highest BCUT2D eigenvalue weighted by atomic mass is 16.5. The molecule has 2 unspecified atom stereocenters. The van der Waals surface area contributed by atoms with Gasteiger partial charge in [-0.1, -0.05) is 24.3 Å². The molecule has 2 heterocycles. The van der Waals surface area contributed by atoms with Gasteiger partial charge in [0.25, 0.3) is 5.91 Å². The summed E-state index contributed by atoms with van der Waals surface area (Å²) in [6, 6.07) is 18.8. The minimum atomic E-state index is -0.187. The van der Waals surface area contributed by atoms with E-state index in [-0.39, 0.29) is 18.1 Å². The smallest absolute Gasteiger partial charge is 0.255 e. The van der Waals surface area contributed by atoms with E-state index in [9.17, 15) is 4.79 Å². The molecule has 0 spiro atoms. The predicted molar refractivity (Wildman–Crippen MR) is 127 cm³/mol. The molecule has 6 heteroatoms. The van der Waals surface area contributed by atoms with Crippen LogP contribution in [0.4, 0.5) is 5.69 Å². The van der Waals surface area contributed by atoms with Gasteiger partial charge in [-0.25, -0.2) is 0 Å². The molecule has 2 N–H and O–H groups in total. The lowest BCUT2D eigenvalue weighted by atomic mass is 10.0. The van der Waals surface area contributed by atoms with Gasteiger partial charge in [-0.05, 0) is 62.7 Å². The lowest BCUT2D eigenvalue weighted by Crippen LogP contribution is -2.48. The molecule has 2 atom stereocenters. The second-order valence-corrected chi connectivity index (χ2v) is 8.29. The third-order valence-corrected chi connectivity index (χ3v) is 5.59. The van der Waals surface area contributed by atoms with E-state index < -0.39 is 0 Å². The first kappa shape index (κ1) is 21.7. The SMILES string of the molecule is Cc1ccc(NC(=O)c2ccc(C(=N)N3CC(C)OC(C)C3)cc2)cc1-c1ccccn1. The number of aromatic nitrogens is 1. The van der Waals surface area contributed by atoms with Crippen LogP contribution in [0.5, 0.6) is 0 Å². The number of carbonyl (C=O) groups is 1. The van der Waals surface area contributed by atoms with Crippen molar-refractivity contribution in [2.24, 2.45) is 0 Å². The molecule has 0 saturated carbocycles. The Morgan fingerprint density at radius 3 is 2.38 bits per heavy atom. The Labute approximate surface area is 188 Å². The third kappa shape index (κ3) is 4.86. The van der Waals surface area contributed by atoms with Gasteiger partial charge >= 0.3 is 0 Å². The minimum Gasteiger partial charge on any atom is -0.372 e. The van der Waals surface area contributed by atoms with E-state index in [0.717, 1.165) is 28.1 Å². The normalized spacial score (nSPS) is 18.3. The van der Waals surface area contributed by atoms with Crippen LogP contribution in [0, 0.1) is 12.3 Å². The van der Waals surface area contributed by atoms with Crippen molar-refractivity contribution >= 4 is 17.4 Å². The number of morpholine rings is 1. The lowest BCUT2D eigenvalue weighted by molar-refractivity contribution is -0.0480. The van der Waals surface area contributed by atoms with Crippen LogP contribution < -0.4 is 5.32 Å². The number of benzene rings is 2. The van der Waals surface area contributed by atoms with Crippen molar-refractivity contribution in [2.45, 2.75) is 33.0 Å². The van der Waals surface area contributed by atoms with Crippen molar-refractivity contribution in [1.82, 2.24) is 9.88 Å². The number of nitrogens with zero attached hydrogens (tertiary/aromatic N) is 2. The second kappa shape index (κ2) is 9.32. The van der Waals surface area contributed by atoms with Crippen molar-refractivity contribution in [3.8, 4) is 11.3 Å². The number of rotatable bonds is 4. The van der Waals surface area contributed by atoms with Crippen LogP contribution >= 0.6 is 0 Å². The Bertz CT molecular complexity index is 1100. The minimum absolute atomic E-state index is 0.0923. The van der Waals surface area contributed by atoms with Gasteiger partial charge in [0.2, 0.25) is 0 Å². The zero-order valence-corrected chi connectivity index (χ0v) is 18.6. The van der Waals surface area contributed by atoms with E-state index in [0.29, 0.717) is 24.5 Å². The first-order chi connectivity index (χ1) is 15.4. The van der Waals surface area contributed by atoms with Crippen molar-refractivity contribution in [1.29, 1.82) is 5.41 Å². The van der Waals surface area contributed by atoms with Crippen molar-refractivity contribution in [2.75, 3.05) is 18.4 Å². The van der Waals surface area contributed by atoms with Gasteiger partial charge < -0.3 is 15.0 Å². The molecule has 1 amide bonds. The average molecular weight is 429 g/mol. The highest BCUT2D eigenvalue weighted by Crippen LogP contribution is 2.25. The van der Waals surface area contributed by atoms with Gasteiger partial charge in [0.1, 0.15) is 5.84 Å². The van der Waals surface area contributed by atoms with Crippen LogP contribution in [0.2, 0.25) is 0 Å². The van der Waals surface area contributed by atoms with Crippen LogP contribution in [-0.2, 0) is 4.74 Å². The number of carbonyl (C=O) groups excluding carboxylic acids is 1. The maximum Gasteiger partial charge on any atom is 0.255 e. The Morgan fingerprint density at radius 2 is 1.72 bits per heavy atom. The first-order valence-corrected chi connectivity index (χ1v) is 10.8. The molecular weight excluding hydrogens is 400 g/mol. The molecule has 6 nitrogen and oxygen atoms in total. The van der Waals surface area contributed by atoms with Crippen LogP contribution in [0.1, 0.15) is 35.3 Å². The largest absolute Gasteiger partial charge is 0.372 e. The third-order valence-electron chi connectivity index (χ3n) is 5.59. The molecule has 0 bridgehead atoms. The fourth-order valence-corrected chi connectivity index (χ4v) is 4.02. The van der Waals surface area contributed by atoms with Crippen LogP contribution in [0.3, 0.4) is 0 Å². The molecule has 0 radical (unpaired) electrons. The molecule has 1 aromatic heterocycles. The number of amides is 1. The molecule has 2 aromatic carbocycles. The fraction of sp³-hybridized carbons (Fsp3) is 0.269. The molecule has 1 aliphatic rings. The van der Waals surface area contributed by atoms with E-state index in [1.54, 1.807) is 18.3 Å². The van der Waals surface area contributed by atoms with Crippen LogP contribution in [-0.4, -0.2) is 46.9 Å². The van der Waals surface area contributed by atoms with E-state index in [1.807, 2.05) is 74.2 Å². The van der Waals surface area contributed by atoms with Crippen molar-refractivity contribution in [3.63, 3.8) is 0 Å². The number of anilines is 1. The fourth-order valence-electron chi connectivity index (χ4n) is 4.02. The highest BCUT2D eigenvalue weighted by molar-refractivity contribution is 6.05. The van der Waals surface area contributed by atoms with Crippen LogP contribution in [0.15, 0.2) is 66.9 Å². The molecule has 1 saturated heterocycles. The van der Waals surface area contributed by atoms with Gasteiger partial charge in [0, 0.05) is 41.7 Å². The maximum atomic E-state index is 12.8. The zero-order chi connectivity index (χ0) is 22.7. The summed E-state index contributed by atoms with van der Waals surface area (Å²) >= 11 is 0. The highest BCUT2D eigenvalue weighted by Gasteiger charge is 2.24. The number of ether oxygens (including phenoxy) is 1. The molecule has 164 valence electrons. The quantitative estimate of drug-likeness (QED) is 0.465. The summed E-state index contributed by atoms with van der Waals surface area (Å²) < 4.78 is 5.76. The summed E-state index contributed by atoms with van der Waals surface area (Å²) in [5.74, 6) is 0.269. The van der Waals surface area contributed by atoms with Gasteiger partial charge in [-0.3, -0.25) is 15.2 Å². The Hall–Kier alpha value is -3.51. The van der Waals surface area contributed by atoms with Gasteiger partial charge in [0.15, 0.2) is 0 Å². The average Bonchev–Trinajstić information content (AvgIpc) is 2.80. The number of amidine groups is 1. The second-order valence-electron chi connectivity index (χ2n) is 8.29. The van der Waals surface area contributed by atoms with E-state index in [1.165, 1.54) is 0 Å². The Balaban J connectivity index is 1.46. The summed E-state index contributed by atoms with van der Waals surface area (Å²) in [5.41, 5.74) is 5.00. The molecule has 32 heavy (non-hydrogen) atoms. The van der Waals surface area contributed by atoms with E-state index in [4.69, 9.17) is 10.1 Å². The number of pyridine rings is 1. The van der Waals surface area contributed by atoms with E-state index >= 15 is 0 Å². The zero-order valence-electron chi connectivity index (χ0n) is 18.6. The molecule has 1 fully saturated rings. The van der Waals surface area contributed by atoms with Gasteiger partial charge in [0.05, 0.1) is 17.9 Å². The number of hydrogen-bond donors (Lipinski definition) is 2. The maximum absolute atomic E-state index is 12.8. The molecular formula is C26H28N4O2.